The number of aromatic nitrogens is 1. The molecule has 5 rings (SSSR count). The third-order valence-corrected chi connectivity index (χ3v) is 8.18. The average Bonchev–Trinajstić information content (AvgIpc) is 3.15. The Balaban J connectivity index is 1.34. The highest BCUT2D eigenvalue weighted by Crippen LogP contribution is 2.53. The molecule has 2 aliphatic carbocycles. The second kappa shape index (κ2) is 10.4. The zero-order valence-electron chi connectivity index (χ0n) is 20.7. The molecule has 1 aromatic carbocycles. The zero-order chi connectivity index (χ0) is 25.2. The number of halogens is 1. The molecular formula is C29H33FN2O4. The summed E-state index contributed by atoms with van der Waals surface area (Å²) in [5.41, 5.74) is 2.48. The van der Waals surface area contributed by atoms with Crippen molar-refractivity contribution in [3.05, 3.63) is 60.2 Å². The molecule has 1 amide bonds. The van der Waals surface area contributed by atoms with Gasteiger partial charge in [-0.05, 0) is 87.1 Å². The highest BCUT2D eigenvalue weighted by Gasteiger charge is 2.54. The molecule has 2 aromatic rings. The van der Waals surface area contributed by atoms with E-state index in [0.717, 1.165) is 42.5 Å². The molecule has 6 nitrogen and oxygen atoms in total. The number of rotatable bonds is 5. The van der Waals surface area contributed by atoms with Crippen LogP contribution < -0.4 is 5.32 Å². The van der Waals surface area contributed by atoms with Gasteiger partial charge < -0.3 is 14.8 Å². The maximum absolute atomic E-state index is 13.6. The number of esters is 1. The summed E-state index contributed by atoms with van der Waals surface area (Å²) in [5.74, 6) is 0.629. The summed E-state index contributed by atoms with van der Waals surface area (Å²) in [5, 5.41) is 3.00. The van der Waals surface area contributed by atoms with Crippen LogP contribution in [0.3, 0.4) is 0 Å². The summed E-state index contributed by atoms with van der Waals surface area (Å²) in [6, 6.07) is 10.4. The monoisotopic (exact) mass is 492 g/mol. The molecule has 1 aliphatic heterocycles. The largest absolute Gasteiger partial charge is 0.462 e. The Bertz CT molecular complexity index is 1130. The number of allylic oxidation sites excluding steroid dienone is 1. The minimum Gasteiger partial charge on any atom is -0.462 e. The summed E-state index contributed by atoms with van der Waals surface area (Å²) in [6.45, 7) is 4.15. The van der Waals surface area contributed by atoms with Crippen LogP contribution in [-0.4, -0.2) is 35.8 Å². The van der Waals surface area contributed by atoms with Gasteiger partial charge in [-0.25, -0.2) is 9.18 Å². The molecule has 1 N–H and O–H groups in total. The lowest BCUT2D eigenvalue weighted by molar-refractivity contribution is -0.144. The van der Waals surface area contributed by atoms with E-state index in [-0.39, 0.29) is 47.8 Å². The van der Waals surface area contributed by atoms with E-state index in [9.17, 15) is 14.0 Å². The van der Waals surface area contributed by atoms with Crippen molar-refractivity contribution in [3.63, 3.8) is 0 Å². The van der Waals surface area contributed by atoms with Gasteiger partial charge in [-0.1, -0.05) is 24.3 Å². The Morgan fingerprint density at radius 3 is 2.83 bits per heavy atom. The van der Waals surface area contributed by atoms with Gasteiger partial charge in [-0.15, -0.1) is 0 Å². The number of hydrogen-bond donors (Lipinski definition) is 1. The second-order valence-electron chi connectivity index (χ2n) is 10.3. The van der Waals surface area contributed by atoms with Crippen LogP contribution in [0.5, 0.6) is 0 Å². The van der Waals surface area contributed by atoms with Crippen molar-refractivity contribution in [3.8, 4) is 11.1 Å². The first kappa shape index (κ1) is 24.5. The number of amides is 1. The maximum Gasteiger partial charge on any atom is 0.407 e. The number of benzene rings is 1. The van der Waals surface area contributed by atoms with Crippen molar-refractivity contribution in [1.29, 1.82) is 0 Å². The summed E-state index contributed by atoms with van der Waals surface area (Å²) in [4.78, 5) is 29.2. The van der Waals surface area contributed by atoms with Gasteiger partial charge in [0.05, 0.1) is 18.2 Å². The van der Waals surface area contributed by atoms with Crippen LogP contribution in [0.2, 0.25) is 0 Å². The first-order chi connectivity index (χ1) is 17.4. The Morgan fingerprint density at radius 1 is 1.22 bits per heavy atom. The number of fused-ring (bicyclic) bond motifs is 2. The predicted molar refractivity (Wildman–Crippen MR) is 134 cm³/mol. The van der Waals surface area contributed by atoms with E-state index >= 15 is 0 Å². The van der Waals surface area contributed by atoms with Gasteiger partial charge >= 0.3 is 12.1 Å². The molecule has 0 radical (unpaired) electrons. The van der Waals surface area contributed by atoms with Gasteiger partial charge in [0, 0.05) is 23.7 Å². The van der Waals surface area contributed by atoms with Crippen LogP contribution in [0.1, 0.15) is 45.2 Å². The summed E-state index contributed by atoms with van der Waals surface area (Å²) >= 11 is 0. The van der Waals surface area contributed by atoms with Crippen molar-refractivity contribution in [1.82, 2.24) is 10.3 Å². The number of carbonyl (C=O) groups is 2. The molecule has 1 aromatic heterocycles. The Morgan fingerprint density at radius 2 is 2.08 bits per heavy atom. The van der Waals surface area contributed by atoms with Crippen molar-refractivity contribution in [2.45, 2.75) is 51.7 Å². The quantitative estimate of drug-likeness (QED) is 0.548. The molecule has 0 bridgehead atoms. The lowest BCUT2D eigenvalue weighted by Crippen LogP contribution is -2.48. The third-order valence-electron chi connectivity index (χ3n) is 8.18. The molecular weight excluding hydrogens is 459 g/mol. The van der Waals surface area contributed by atoms with E-state index in [0.29, 0.717) is 18.4 Å². The molecule has 2 heterocycles. The Labute approximate surface area is 211 Å². The first-order valence-corrected chi connectivity index (χ1v) is 13.0. The van der Waals surface area contributed by atoms with E-state index < -0.39 is 0 Å². The van der Waals surface area contributed by atoms with Crippen LogP contribution in [0.25, 0.3) is 17.2 Å². The number of pyridine rings is 1. The fourth-order valence-corrected chi connectivity index (χ4v) is 6.64. The number of hydrogen-bond acceptors (Lipinski definition) is 5. The van der Waals surface area contributed by atoms with Crippen molar-refractivity contribution in [2.75, 3.05) is 6.61 Å². The fraction of sp³-hybridized carbons (Fsp3) is 0.483. The Kier molecular flexibility index (Phi) is 7.08. The average molecular weight is 493 g/mol. The minimum absolute atomic E-state index is 0.0679. The summed E-state index contributed by atoms with van der Waals surface area (Å²) < 4.78 is 24.3. The summed E-state index contributed by atoms with van der Waals surface area (Å²) in [6.07, 6.45) is 9.07. The second-order valence-corrected chi connectivity index (χ2v) is 10.3. The van der Waals surface area contributed by atoms with Crippen molar-refractivity contribution in [2.24, 2.45) is 29.6 Å². The van der Waals surface area contributed by atoms with Gasteiger partial charge in [0.15, 0.2) is 0 Å². The predicted octanol–water partition coefficient (Wildman–Crippen LogP) is 5.63. The molecule has 0 unspecified atom stereocenters. The molecule has 1 saturated heterocycles. The SMILES string of the molecule is CCOC(=O)N[C@H]1CC[C@@H]2[C@@H](C1)C[C@@H]1C(=O)O[C@H](C)[C@H]1[C@H]2C=Cc1ccc(-c2cccc(F)c2)cn1. The number of carbonyl (C=O) groups excluding carboxylic acids is 2. The standard InChI is InChI=1S/C29H33FN2O4/c1-3-35-29(34)32-23-10-11-24-20(14-23)15-26-27(17(2)36-28(26)33)25(24)12-9-22-8-7-19(16-31-22)18-5-4-6-21(30)13-18/h4-9,12-13,16-17,20,23-27H,3,10-11,14-15H2,1-2H3,(H,32,34)/t17-,20+,23+,24-,25+,26+,27+/m1/s1. The number of nitrogens with one attached hydrogen (secondary N) is 1. The number of ether oxygens (including phenoxy) is 2. The lowest BCUT2D eigenvalue weighted by Gasteiger charge is -2.47. The van der Waals surface area contributed by atoms with Crippen LogP contribution in [-0.2, 0) is 14.3 Å². The van der Waals surface area contributed by atoms with E-state index in [2.05, 4.69) is 16.4 Å². The van der Waals surface area contributed by atoms with Gasteiger partial charge in [-0.2, -0.15) is 0 Å². The lowest BCUT2D eigenvalue weighted by atomic mass is 9.57. The van der Waals surface area contributed by atoms with Crippen LogP contribution >= 0.6 is 0 Å². The minimum atomic E-state index is -0.368. The smallest absolute Gasteiger partial charge is 0.407 e. The van der Waals surface area contributed by atoms with Crippen molar-refractivity contribution >= 4 is 18.1 Å². The van der Waals surface area contributed by atoms with E-state index in [4.69, 9.17) is 9.47 Å². The van der Waals surface area contributed by atoms with Gasteiger partial charge in [0.1, 0.15) is 11.9 Å². The topological polar surface area (TPSA) is 77.5 Å². The number of nitrogens with zero attached hydrogens (tertiary/aromatic N) is 1. The maximum atomic E-state index is 13.6. The van der Waals surface area contributed by atoms with Gasteiger partial charge in [0.25, 0.3) is 0 Å². The van der Waals surface area contributed by atoms with Crippen LogP contribution in [0.15, 0.2) is 48.7 Å². The summed E-state index contributed by atoms with van der Waals surface area (Å²) in [7, 11) is 0. The third kappa shape index (κ3) is 5.01. The van der Waals surface area contributed by atoms with E-state index in [1.54, 1.807) is 19.2 Å². The highest BCUT2D eigenvalue weighted by molar-refractivity contribution is 5.75. The van der Waals surface area contributed by atoms with Gasteiger partial charge in [0.2, 0.25) is 0 Å². The molecule has 3 fully saturated rings. The highest BCUT2D eigenvalue weighted by atomic mass is 19.1. The van der Waals surface area contributed by atoms with E-state index in [1.165, 1.54) is 12.1 Å². The molecule has 2 saturated carbocycles. The molecule has 7 heteroatoms. The molecule has 190 valence electrons. The van der Waals surface area contributed by atoms with Crippen LogP contribution in [0.4, 0.5) is 9.18 Å². The Hall–Kier alpha value is -3.22. The normalized spacial score (nSPS) is 31.4. The van der Waals surface area contributed by atoms with Gasteiger partial charge in [-0.3, -0.25) is 9.78 Å². The van der Waals surface area contributed by atoms with Crippen molar-refractivity contribution < 1.29 is 23.5 Å². The van der Waals surface area contributed by atoms with E-state index in [1.807, 2.05) is 31.2 Å². The molecule has 3 aliphatic rings. The zero-order valence-corrected chi connectivity index (χ0v) is 20.7. The number of alkyl carbamates (subject to hydrolysis) is 1. The number of cyclic esters (lactones) is 1. The molecule has 36 heavy (non-hydrogen) atoms. The molecule has 7 atom stereocenters. The first-order valence-electron chi connectivity index (χ1n) is 13.0. The molecule has 0 spiro atoms. The fourth-order valence-electron chi connectivity index (χ4n) is 6.64. The van der Waals surface area contributed by atoms with Crippen LogP contribution in [0, 0.1) is 35.4 Å².